The highest BCUT2D eigenvalue weighted by Gasteiger charge is 2.43. The van der Waals surface area contributed by atoms with Crippen molar-refractivity contribution in [3.05, 3.63) is 11.7 Å². The number of ether oxygens (including phenoxy) is 1. The minimum atomic E-state index is -0.381. The molecule has 0 aliphatic heterocycles. The summed E-state index contributed by atoms with van der Waals surface area (Å²) in [5.41, 5.74) is 5.93. The number of aromatic nitrogens is 2. The molecule has 0 amide bonds. The highest BCUT2D eigenvalue weighted by atomic mass is 16.5. The molecule has 1 atom stereocenters. The minimum absolute atomic E-state index is 0.0760. The average Bonchev–Trinajstić information content (AvgIpc) is 2.88. The maximum Gasteiger partial charge on any atom is 0.228 e. The zero-order valence-electron chi connectivity index (χ0n) is 13.1. The second-order valence-electron chi connectivity index (χ2n) is 6.75. The molecular formula is C15H27N3O2. The van der Waals surface area contributed by atoms with Gasteiger partial charge in [-0.2, -0.15) is 4.98 Å². The molecule has 1 aliphatic carbocycles. The van der Waals surface area contributed by atoms with Crippen LogP contribution in [0.1, 0.15) is 64.6 Å². The van der Waals surface area contributed by atoms with Crippen molar-refractivity contribution in [2.24, 2.45) is 11.1 Å². The van der Waals surface area contributed by atoms with E-state index in [0.29, 0.717) is 23.6 Å². The normalized spacial score (nSPS) is 22.6. The van der Waals surface area contributed by atoms with E-state index >= 15 is 0 Å². The Hall–Kier alpha value is -0.940. The van der Waals surface area contributed by atoms with Gasteiger partial charge in [-0.25, -0.2) is 0 Å². The molecule has 1 fully saturated rings. The Morgan fingerprint density at radius 3 is 2.50 bits per heavy atom. The zero-order valence-corrected chi connectivity index (χ0v) is 13.1. The molecule has 0 saturated heterocycles. The molecule has 1 aliphatic rings. The van der Waals surface area contributed by atoms with E-state index in [1.54, 1.807) is 7.11 Å². The molecule has 5 nitrogen and oxygen atoms in total. The minimum Gasteiger partial charge on any atom is -0.370 e. The molecule has 1 aromatic heterocycles. The number of hydrogen-bond donors (Lipinski definition) is 1. The first kappa shape index (κ1) is 15.4. The predicted octanol–water partition coefficient (Wildman–Crippen LogP) is 2.79. The van der Waals surface area contributed by atoms with E-state index in [4.69, 9.17) is 15.0 Å². The van der Waals surface area contributed by atoms with E-state index in [2.05, 4.69) is 30.9 Å². The lowest BCUT2D eigenvalue weighted by atomic mass is 9.70. The van der Waals surface area contributed by atoms with Crippen molar-refractivity contribution in [3.8, 4) is 0 Å². The van der Waals surface area contributed by atoms with Gasteiger partial charge in [0.15, 0.2) is 0 Å². The number of rotatable bonds is 5. The summed E-state index contributed by atoms with van der Waals surface area (Å²) in [5.74, 6) is 1.31. The Balaban J connectivity index is 2.12. The lowest BCUT2D eigenvalue weighted by Gasteiger charge is -2.40. The molecule has 0 radical (unpaired) electrons. The van der Waals surface area contributed by atoms with Crippen LogP contribution in [-0.2, 0) is 16.8 Å². The van der Waals surface area contributed by atoms with E-state index in [1.165, 1.54) is 0 Å². The van der Waals surface area contributed by atoms with Gasteiger partial charge in [0, 0.05) is 19.6 Å². The highest BCUT2D eigenvalue weighted by molar-refractivity contribution is 5.05. The quantitative estimate of drug-likeness (QED) is 0.898. The first-order valence-corrected chi connectivity index (χ1v) is 7.54. The van der Waals surface area contributed by atoms with E-state index < -0.39 is 0 Å². The molecule has 20 heavy (non-hydrogen) atoms. The summed E-state index contributed by atoms with van der Waals surface area (Å²) in [5, 5.41) is 4.15. The summed E-state index contributed by atoms with van der Waals surface area (Å²) in [6, 6.07) is 0.0760. The Bertz CT molecular complexity index is 432. The summed E-state index contributed by atoms with van der Waals surface area (Å²) in [6.07, 6.45) is 5.64. The first-order valence-electron chi connectivity index (χ1n) is 7.54. The number of methoxy groups -OCH3 is 1. The van der Waals surface area contributed by atoms with Gasteiger partial charge in [-0.15, -0.1) is 0 Å². The van der Waals surface area contributed by atoms with Crippen molar-refractivity contribution in [2.75, 3.05) is 7.11 Å². The van der Waals surface area contributed by atoms with Gasteiger partial charge in [0.1, 0.15) is 5.60 Å². The molecule has 1 unspecified atom stereocenters. The predicted molar refractivity (Wildman–Crippen MR) is 77.2 cm³/mol. The van der Waals surface area contributed by atoms with Crippen molar-refractivity contribution in [2.45, 2.75) is 70.9 Å². The molecule has 2 N–H and O–H groups in total. The van der Waals surface area contributed by atoms with E-state index in [0.717, 1.165) is 32.1 Å². The van der Waals surface area contributed by atoms with Crippen LogP contribution in [0.2, 0.25) is 0 Å². The molecule has 1 saturated carbocycles. The molecule has 0 bridgehead atoms. The maximum absolute atomic E-state index is 5.93. The zero-order chi connectivity index (χ0) is 14.8. The number of nitrogens with two attached hydrogens (primary N) is 1. The van der Waals surface area contributed by atoms with Crippen molar-refractivity contribution < 1.29 is 9.26 Å². The molecular weight excluding hydrogens is 254 g/mol. The Labute approximate surface area is 121 Å². The Morgan fingerprint density at radius 2 is 1.95 bits per heavy atom. The Kier molecular flexibility index (Phi) is 4.49. The standard InChI is InChI=1S/C15H27N3O2/c1-5-11(16)10-12-17-13(18-20-12)15(19-4)8-6-14(2,3)7-9-15/h11H,5-10,16H2,1-4H3. The first-order chi connectivity index (χ1) is 9.41. The molecule has 0 spiro atoms. The fourth-order valence-corrected chi connectivity index (χ4v) is 2.74. The molecule has 1 aromatic rings. The van der Waals surface area contributed by atoms with Crippen molar-refractivity contribution >= 4 is 0 Å². The molecule has 5 heteroatoms. The van der Waals surface area contributed by atoms with Crippen LogP contribution in [0.15, 0.2) is 4.52 Å². The van der Waals surface area contributed by atoms with E-state index in [1.807, 2.05) is 0 Å². The van der Waals surface area contributed by atoms with Crippen LogP contribution in [0.25, 0.3) is 0 Å². The summed E-state index contributed by atoms with van der Waals surface area (Å²) < 4.78 is 11.1. The van der Waals surface area contributed by atoms with Gasteiger partial charge in [-0.3, -0.25) is 0 Å². The third-order valence-corrected chi connectivity index (χ3v) is 4.64. The number of nitrogens with zero attached hydrogens (tertiary/aromatic N) is 2. The van der Waals surface area contributed by atoms with Crippen molar-refractivity contribution in [3.63, 3.8) is 0 Å². The second kappa shape index (κ2) is 5.82. The van der Waals surface area contributed by atoms with Crippen LogP contribution in [0.5, 0.6) is 0 Å². The lowest BCUT2D eigenvalue weighted by molar-refractivity contribution is -0.0740. The fourth-order valence-electron chi connectivity index (χ4n) is 2.74. The lowest BCUT2D eigenvalue weighted by Crippen LogP contribution is -2.37. The van der Waals surface area contributed by atoms with Crippen LogP contribution in [0.4, 0.5) is 0 Å². The molecule has 1 heterocycles. The van der Waals surface area contributed by atoms with Crippen LogP contribution >= 0.6 is 0 Å². The molecule has 0 aromatic carbocycles. The van der Waals surface area contributed by atoms with Gasteiger partial charge >= 0.3 is 0 Å². The van der Waals surface area contributed by atoms with Gasteiger partial charge in [-0.1, -0.05) is 25.9 Å². The van der Waals surface area contributed by atoms with Crippen molar-refractivity contribution in [1.82, 2.24) is 10.1 Å². The van der Waals surface area contributed by atoms with E-state index in [-0.39, 0.29) is 11.6 Å². The third kappa shape index (κ3) is 3.20. The van der Waals surface area contributed by atoms with Gasteiger partial charge in [0.2, 0.25) is 11.7 Å². The SMILES string of the molecule is CCC(N)Cc1nc(C2(OC)CCC(C)(C)CC2)no1. The maximum atomic E-state index is 5.93. The second-order valence-corrected chi connectivity index (χ2v) is 6.75. The smallest absolute Gasteiger partial charge is 0.228 e. The summed E-state index contributed by atoms with van der Waals surface area (Å²) >= 11 is 0. The highest BCUT2D eigenvalue weighted by Crippen LogP contribution is 2.46. The van der Waals surface area contributed by atoms with Crippen LogP contribution in [0, 0.1) is 5.41 Å². The average molecular weight is 281 g/mol. The van der Waals surface area contributed by atoms with Crippen LogP contribution < -0.4 is 5.73 Å². The summed E-state index contributed by atoms with van der Waals surface area (Å²) in [4.78, 5) is 4.53. The van der Waals surface area contributed by atoms with Gasteiger partial charge in [0.05, 0.1) is 0 Å². The van der Waals surface area contributed by atoms with E-state index in [9.17, 15) is 0 Å². The summed E-state index contributed by atoms with van der Waals surface area (Å²) in [6.45, 7) is 6.66. The topological polar surface area (TPSA) is 74.2 Å². The molecule has 114 valence electrons. The summed E-state index contributed by atoms with van der Waals surface area (Å²) in [7, 11) is 1.74. The van der Waals surface area contributed by atoms with Crippen LogP contribution in [0.3, 0.4) is 0 Å². The monoisotopic (exact) mass is 281 g/mol. The Morgan fingerprint density at radius 1 is 1.30 bits per heavy atom. The molecule has 2 rings (SSSR count). The van der Waals surface area contributed by atoms with Gasteiger partial charge < -0.3 is 15.0 Å². The van der Waals surface area contributed by atoms with Crippen LogP contribution in [-0.4, -0.2) is 23.3 Å². The fraction of sp³-hybridized carbons (Fsp3) is 0.867. The van der Waals surface area contributed by atoms with Gasteiger partial charge in [-0.05, 0) is 37.5 Å². The third-order valence-electron chi connectivity index (χ3n) is 4.64. The number of hydrogen-bond acceptors (Lipinski definition) is 5. The van der Waals surface area contributed by atoms with Crippen molar-refractivity contribution in [1.29, 1.82) is 0 Å². The largest absolute Gasteiger partial charge is 0.370 e. The van der Waals surface area contributed by atoms with Gasteiger partial charge in [0.25, 0.3) is 0 Å².